The van der Waals surface area contributed by atoms with Crippen LogP contribution in [0.15, 0.2) is 18.2 Å². The van der Waals surface area contributed by atoms with Gasteiger partial charge in [0, 0.05) is 19.7 Å². The van der Waals surface area contributed by atoms with E-state index in [4.69, 9.17) is 4.74 Å². The first-order chi connectivity index (χ1) is 10.2. The molecular formula is C14H19FN2O4S. The number of carbonyl (C=O) groups is 1. The van der Waals surface area contributed by atoms with Crippen LogP contribution < -0.4 is 4.74 Å². The van der Waals surface area contributed by atoms with Gasteiger partial charge < -0.3 is 4.74 Å². The Morgan fingerprint density at radius 2 is 2.05 bits per heavy atom. The van der Waals surface area contributed by atoms with Crippen LogP contribution in [0.25, 0.3) is 0 Å². The summed E-state index contributed by atoms with van der Waals surface area (Å²) in [7, 11) is 1.53. The third kappa shape index (κ3) is 3.38. The van der Waals surface area contributed by atoms with Crippen LogP contribution in [0.4, 0.5) is 4.39 Å². The predicted molar refractivity (Wildman–Crippen MR) is 79.9 cm³/mol. The van der Waals surface area contributed by atoms with Crippen LogP contribution in [-0.4, -0.2) is 63.1 Å². The molecule has 6 nitrogen and oxygen atoms in total. The summed E-state index contributed by atoms with van der Waals surface area (Å²) in [5, 5.41) is 2.90. The van der Waals surface area contributed by atoms with E-state index in [-0.39, 0.29) is 22.8 Å². The van der Waals surface area contributed by atoms with Crippen LogP contribution in [0.2, 0.25) is 0 Å². The molecule has 22 heavy (non-hydrogen) atoms. The zero-order valence-corrected chi connectivity index (χ0v) is 13.6. The first-order valence-corrected chi connectivity index (χ1v) is 8.62. The van der Waals surface area contributed by atoms with E-state index in [9.17, 15) is 17.6 Å². The number of ether oxygens (including phenoxy) is 1. The van der Waals surface area contributed by atoms with Crippen molar-refractivity contribution in [3.8, 4) is 5.75 Å². The lowest BCUT2D eigenvalue weighted by molar-refractivity contribution is 0.000967. The molecule has 2 rings (SSSR count). The number of nitrogens with zero attached hydrogens (tertiary/aromatic N) is 2. The minimum absolute atomic E-state index is 0.0522. The number of hydrogen-bond acceptors (Lipinski definition) is 5. The van der Waals surface area contributed by atoms with Gasteiger partial charge in [0.05, 0.1) is 24.7 Å². The van der Waals surface area contributed by atoms with Crippen molar-refractivity contribution in [2.24, 2.45) is 0 Å². The monoisotopic (exact) mass is 330 g/mol. The summed E-state index contributed by atoms with van der Waals surface area (Å²) < 4.78 is 41.9. The fraction of sp³-hybridized carbons (Fsp3) is 0.500. The molecule has 1 atom stereocenters. The molecule has 0 N–H and O–H groups in total. The van der Waals surface area contributed by atoms with Crippen LogP contribution in [0.1, 0.15) is 16.8 Å². The van der Waals surface area contributed by atoms with Gasteiger partial charge in [-0.05, 0) is 24.6 Å². The van der Waals surface area contributed by atoms with Gasteiger partial charge in [-0.25, -0.2) is 17.8 Å². The summed E-state index contributed by atoms with van der Waals surface area (Å²) in [5.41, 5.74) is 0.149. The van der Waals surface area contributed by atoms with Crippen LogP contribution in [-0.2, 0) is 9.84 Å². The molecule has 1 unspecified atom stereocenters. The summed E-state index contributed by atoms with van der Waals surface area (Å²) in [4.78, 5) is 12.6. The maximum Gasteiger partial charge on any atom is 0.268 e. The summed E-state index contributed by atoms with van der Waals surface area (Å²) in [6, 6.07) is 3.50. The number of hydrazine groups is 1. The van der Waals surface area contributed by atoms with E-state index in [1.54, 1.807) is 14.1 Å². The van der Waals surface area contributed by atoms with E-state index >= 15 is 0 Å². The standard InChI is InChI=1S/C14H19FN2O4S/c1-16(2)17(11-6-7-22(19,20)9-11)14(18)10-4-5-13(21-3)12(15)8-10/h4-5,8,11H,6-7,9H2,1-3H3. The highest BCUT2D eigenvalue weighted by atomic mass is 32.2. The van der Waals surface area contributed by atoms with Crippen molar-refractivity contribution in [3.63, 3.8) is 0 Å². The van der Waals surface area contributed by atoms with Gasteiger partial charge in [0.2, 0.25) is 0 Å². The Kier molecular flexibility index (Phi) is 4.72. The molecule has 1 aliphatic rings. The second kappa shape index (κ2) is 6.21. The average molecular weight is 330 g/mol. The largest absolute Gasteiger partial charge is 0.494 e. The molecule has 0 spiro atoms. The number of benzene rings is 1. The first-order valence-electron chi connectivity index (χ1n) is 6.80. The second-order valence-electron chi connectivity index (χ2n) is 5.40. The Balaban J connectivity index is 2.29. The number of methoxy groups -OCH3 is 1. The van der Waals surface area contributed by atoms with E-state index in [0.29, 0.717) is 6.42 Å². The van der Waals surface area contributed by atoms with Gasteiger partial charge in [0.25, 0.3) is 5.91 Å². The number of sulfone groups is 1. The fourth-order valence-electron chi connectivity index (χ4n) is 2.57. The van der Waals surface area contributed by atoms with Crippen molar-refractivity contribution >= 4 is 15.7 Å². The van der Waals surface area contributed by atoms with Crippen LogP contribution >= 0.6 is 0 Å². The maximum atomic E-state index is 13.8. The summed E-state index contributed by atoms with van der Waals surface area (Å²) in [5.74, 6) is -1.03. The van der Waals surface area contributed by atoms with Crippen molar-refractivity contribution in [2.45, 2.75) is 12.5 Å². The van der Waals surface area contributed by atoms with Crippen molar-refractivity contribution in [3.05, 3.63) is 29.6 Å². The lowest BCUT2D eigenvalue weighted by Gasteiger charge is -2.33. The van der Waals surface area contributed by atoms with Gasteiger partial charge in [-0.2, -0.15) is 0 Å². The number of carbonyl (C=O) groups excluding carboxylic acids is 1. The molecule has 0 saturated carbocycles. The number of rotatable bonds is 4. The Morgan fingerprint density at radius 1 is 1.36 bits per heavy atom. The smallest absolute Gasteiger partial charge is 0.268 e. The Morgan fingerprint density at radius 3 is 2.50 bits per heavy atom. The summed E-state index contributed by atoms with van der Waals surface area (Å²) in [6.45, 7) is 0. The Bertz CT molecular complexity index is 675. The zero-order valence-electron chi connectivity index (χ0n) is 12.7. The quantitative estimate of drug-likeness (QED) is 0.769. The van der Waals surface area contributed by atoms with E-state index in [1.165, 1.54) is 29.3 Å². The van der Waals surface area contributed by atoms with Crippen LogP contribution in [0.3, 0.4) is 0 Å². The minimum atomic E-state index is -3.12. The molecule has 1 amide bonds. The average Bonchev–Trinajstić information content (AvgIpc) is 2.78. The minimum Gasteiger partial charge on any atom is -0.494 e. The fourth-order valence-corrected chi connectivity index (χ4v) is 4.27. The van der Waals surface area contributed by atoms with Gasteiger partial charge in [0.15, 0.2) is 21.4 Å². The first kappa shape index (κ1) is 16.7. The second-order valence-corrected chi connectivity index (χ2v) is 7.63. The van der Waals surface area contributed by atoms with Gasteiger partial charge in [-0.1, -0.05) is 0 Å². The molecule has 0 aromatic heterocycles. The molecule has 1 aliphatic heterocycles. The highest BCUT2D eigenvalue weighted by Crippen LogP contribution is 2.23. The molecule has 1 heterocycles. The highest BCUT2D eigenvalue weighted by molar-refractivity contribution is 7.91. The van der Waals surface area contributed by atoms with Crippen molar-refractivity contribution in [1.82, 2.24) is 10.0 Å². The van der Waals surface area contributed by atoms with E-state index in [2.05, 4.69) is 0 Å². The Hall–Kier alpha value is -1.67. The molecule has 122 valence electrons. The molecular weight excluding hydrogens is 311 g/mol. The SMILES string of the molecule is COc1ccc(C(=O)N(C2CCS(=O)(=O)C2)N(C)C)cc1F. The van der Waals surface area contributed by atoms with Crippen molar-refractivity contribution in [2.75, 3.05) is 32.7 Å². The van der Waals surface area contributed by atoms with E-state index in [1.807, 2.05) is 0 Å². The zero-order chi connectivity index (χ0) is 16.5. The van der Waals surface area contributed by atoms with E-state index < -0.39 is 27.6 Å². The van der Waals surface area contributed by atoms with Crippen molar-refractivity contribution in [1.29, 1.82) is 0 Å². The molecule has 1 fully saturated rings. The lowest BCUT2D eigenvalue weighted by Crippen LogP contribution is -2.49. The van der Waals surface area contributed by atoms with Crippen molar-refractivity contribution < 1.29 is 22.3 Å². The highest BCUT2D eigenvalue weighted by Gasteiger charge is 2.36. The molecule has 8 heteroatoms. The molecule has 1 aromatic carbocycles. The lowest BCUT2D eigenvalue weighted by atomic mass is 10.1. The van der Waals surface area contributed by atoms with Gasteiger partial charge in [-0.3, -0.25) is 9.80 Å². The number of halogens is 1. The molecule has 0 bridgehead atoms. The van der Waals surface area contributed by atoms with Gasteiger partial charge in [0.1, 0.15) is 0 Å². The summed E-state index contributed by atoms with van der Waals surface area (Å²) in [6.07, 6.45) is 0.380. The molecule has 1 aromatic rings. The van der Waals surface area contributed by atoms with Crippen LogP contribution in [0.5, 0.6) is 5.75 Å². The third-order valence-electron chi connectivity index (χ3n) is 3.59. The number of hydrogen-bond donors (Lipinski definition) is 0. The van der Waals surface area contributed by atoms with E-state index in [0.717, 1.165) is 6.07 Å². The summed E-state index contributed by atoms with van der Waals surface area (Å²) >= 11 is 0. The molecule has 1 saturated heterocycles. The third-order valence-corrected chi connectivity index (χ3v) is 5.34. The number of amides is 1. The molecule has 0 aliphatic carbocycles. The predicted octanol–water partition coefficient (Wildman–Crippen LogP) is 0.940. The van der Waals surface area contributed by atoms with Gasteiger partial charge in [-0.15, -0.1) is 0 Å². The topological polar surface area (TPSA) is 66.9 Å². The molecule has 0 radical (unpaired) electrons. The Labute approximate surface area is 129 Å². The van der Waals surface area contributed by atoms with Crippen LogP contribution in [0, 0.1) is 5.82 Å². The normalized spacial score (nSPS) is 20.1. The maximum absolute atomic E-state index is 13.8. The van der Waals surface area contributed by atoms with Gasteiger partial charge >= 0.3 is 0 Å².